The van der Waals surface area contributed by atoms with E-state index in [9.17, 15) is 0 Å². The average Bonchev–Trinajstić information content (AvgIpc) is 2.31. The van der Waals surface area contributed by atoms with Crippen LogP contribution in [0.2, 0.25) is 0 Å². The van der Waals surface area contributed by atoms with E-state index in [0.717, 1.165) is 0 Å². The van der Waals surface area contributed by atoms with Gasteiger partial charge in [0.1, 0.15) is 0 Å². The highest BCUT2D eigenvalue weighted by Crippen LogP contribution is 2.28. The van der Waals surface area contributed by atoms with Crippen LogP contribution in [0.3, 0.4) is 0 Å². The van der Waals surface area contributed by atoms with E-state index in [0.29, 0.717) is 0 Å². The molecule has 0 saturated heterocycles. The number of hydrogen-bond donors (Lipinski definition) is 0. The smallest absolute Gasteiger partial charge is 0.0273 e. The third kappa shape index (κ3) is 1.60. The third-order valence-corrected chi connectivity index (χ3v) is 1.87. The van der Waals surface area contributed by atoms with E-state index in [2.05, 4.69) is 24.8 Å². The Balaban J connectivity index is 2.62. The molecule has 0 N–H and O–H groups in total. The van der Waals surface area contributed by atoms with Crippen LogP contribution in [0.4, 0.5) is 0 Å². The molecular weight excluding hydrogens is 120 g/mol. The van der Waals surface area contributed by atoms with Gasteiger partial charge in [-0.3, -0.25) is 0 Å². The third-order valence-electron chi connectivity index (χ3n) is 1.87. The van der Waals surface area contributed by atoms with Gasteiger partial charge >= 0.3 is 0 Å². The van der Waals surface area contributed by atoms with Crippen LogP contribution >= 0.6 is 0 Å². The Morgan fingerprint density at radius 2 is 2.20 bits per heavy atom. The second-order valence-corrected chi connectivity index (χ2v) is 2.67. The number of rotatable bonds is 1. The highest BCUT2D eigenvalue weighted by molar-refractivity contribution is 5.34. The van der Waals surface area contributed by atoms with Gasteiger partial charge in [0.25, 0.3) is 0 Å². The Kier molecular flexibility index (Phi) is 2.49. The summed E-state index contributed by atoms with van der Waals surface area (Å²) in [4.78, 5) is 0. The summed E-state index contributed by atoms with van der Waals surface area (Å²) in [7, 11) is 0. The molecule has 1 aliphatic carbocycles. The molecular formula is C10H14. The van der Waals surface area contributed by atoms with E-state index >= 15 is 0 Å². The van der Waals surface area contributed by atoms with Crippen LogP contribution in [0.5, 0.6) is 0 Å². The Labute approximate surface area is 62.9 Å². The van der Waals surface area contributed by atoms with Gasteiger partial charge in [0.05, 0.1) is 0 Å². The molecule has 1 fully saturated rings. The molecule has 1 aliphatic rings. The molecule has 0 aliphatic heterocycles. The number of allylic oxidation sites excluding steroid dienone is 5. The maximum atomic E-state index is 3.99. The lowest BCUT2D eigenvalue weighted by molar-refractivity contribution is 0.933. The zero-order valence-corrected chi connectivity index (χ0v) is 6.56. The van der Waals surface area contributed by atoms with Gasteiger partial charge in [0.15, 0.2) is 0 Å². The standard InChI is InChI=1S/C10H14/c1-3-4-7-10-8-5-6-9(10)2/h3-4,7H,2,5-6,8H2,1H3/b4-3-,10-7-. The van der Waals surface area contributed by atoms with Gasteiger partial charge < -0.3 is 0 Å². The SMILES string of the molecule is C=C1CCC/C1=C/C=C\C. The van der Waals surface area contributed by atoms with Crippen LogP contribution in [0, 0.1) is 0 Å². The first-order chi connectivity index (χ1) is 4.84. The topological polar surface area (TPSA) is 0 Å². The van der Waals surface area contributed by atoms with Crippen LogP contribution < -0.4 is 0 Å². The molecule has 0 aromatic rings. The molecule has 0 unspecified atom stereocenters. The lowest BCUT2D eigenvalue weighted by Gasteiger charge is -1.92. The van der Waals surface area contributed by atoms with Crippen LogP contribution in [0.25, 0.3) is 0 Å². The lowest BCUT2D eigenvalue weighted by Crippen LogP contribution is -1.72. The van der Waals surface area contributed by atoms with Crippen molar-refractivity contribution in [1.29, 1.82) is 0 Å². The van der Waals surface area contributed by atoms with Crippen LogP contribution in [0.15, 0.2) is 36.0 Å². The monoisotopic (exact) mass is 134 g/mol. The second-order valence-electron chi connectivity index (χ2n) is 2.67. The molecule has 0 nitrogen and oxygen atoms in total. The van der Waals surface area contributed by atoms with Crippen molar-refractivity contribution in [2.75, 3.05) is 0 Å². The van der Waals surface area contributed by atoms with E-state index < -0.39 is 0 Å². The number of hydrogen-bond acceptors (Lipinski definition) is 0. The van der Waals surface area contributed by atoms with Gasteiger partial charge in [-0.1, -0.05) is 30.4 Å². The highest BCUT2D eigenvalue weighted by atomic mass is 14.1. The summed E-state index contributed by atoms with van der Waals surface area (Å²) < 4.78 is 0. The quantitative estimate of drug-likeness (QED) is 0.516. The Morgan fingerprint density at radius 1 is 1.40 bits per heavy atom. The fraction of sp³-hybridized carbons (Fsp3) is 0.400. The minimum Gasteiger partial charge on any atom is -0.0956 e. The van der Waals surface area contributed by atoms with Gasteiger partial charge in [-0.2, -0.15) is 0 Å². The largest absolute Gasteiger partial charge is 0.0956 e. The van der Waals surface area contributed by atoms with Gasteiger partial charge in [-0.05, 0) is 31.8 Å². The first kappa shape index (κ1) is 7.33. The van der Waals surface area contributed by atoms with E-state index in [1.807, 2.05) is 6.92 Å². The minimum absolute atomic E-state index is 1.20. The normalized spacial score (nSPS) is 23.3. The summed E-state index contributed by atoms with van der Waals surface area (Å²) in [6, 6.07) is 0. The molecule has 0 bridgehead atoms. The molecule has 0 atom stereocenters. The predicted molar refractivity (Wildman–Crippen MR) is 45.9 cm³/mol. The fourth-order valence-electron chi connectivity index (χ4n) is 1.24. The molecule has 1 rings (SSSR count). The van der Waals surface area contributed by atoms with E-state index in [-0.39, 0.29) is 0 Å². The van der Waals surface area contributed by atoms with E-state index in [1.165, 1.54) is 30.4 Å². The van der Waals surface area contributed by atoms with Gasteiger partial charge in [0, 0.05) is 0 Å². The molecule has 1 saturated carbocycles. The van der Waals surface area contributed by atoms with Crippen molar-refractivity contribution in [1.82, 2.24) is 0 Å². The zero-order chi connectivity index (χ0) is 7.40. The predicted octanol–water partition coefficient (Wildman–Crippen LogP) is 3.23. The maximum absolute atomic E-state index is 3.99. The Bertz CT molecular complexity index is 182. The molecule has 10 heavy (non-hydrogen) atoms. The molecule has 0 amide bonds. The van der Waals surface area contributed by atoms with Crippen molar-refractivity contribution in [3.63, 3.8) is 0 Å². The Morgan fingerprint density at radius 3 is 2.70 bits per heavy atom. The first-order valence-electron chi connectivity index (χ1n) is 3.84. The van der Waals surface area contributed by atoms with Gasteiger partial charge in [-0.25, -0.2) is 0 Å². The molecule has 0 aromatic heterocycles. The second kappa shape index (κ2) is 3.40. The lowest BCUT2D eigenvalue weighted by atomic mass is 10.1. The summed E-state index contributed by atoms with van der Waals surface area (Å²) in [6.45, 7) is 6.02. The van der Waals surface area contributed by atoms with Crippen molar-refractivity contribution >= 4 is 0 Å². The zero-order valence-electron chi connectivity index (χ0n) is 6.56. The average molecular weight is 134 g/mol. The van der Waals surface area contributed by atoms with Crippen molar-refractivity contribution < 1.29 is 0 Å². The van der Waals surface area contributed by atoms with Crippen LogP contribution in [-0.4, -0.2) is 0 Å². The summed E-state index contributed by atoms with van der Waals surface area (Å²) in [5, 5.41) is 0. The molecule has 54 valence electrons. The van der Waals surface area contributed by atoms with Crippen molar-refractivity contribution in [2.24, 2.45) is 0 Å². The fourth-order valence-corrected chi connectivity index (χ4v) is 1.24. The van der Waals surface area contributed by atoms with Crippen LogP contribution in [-0.2, 0) is 0 Å². The van der Waals surface area contributed by atoms with Crippen molar-refractivity contribution in [3.05, 3.63) is 36.0 Å². The van der Waals surface area contributed by atoms with Crippen molar-refractivity contribution in [3.8, 4) is 0 Å². The molecule has 0 spiro atoms. The maximum Gasteiger partial charge on any atom is -0.0273 e. The van der Waals surface area contributed by atoms with Crippen LogP contribution in [0.1, 0.15) is 26.2 Å². The van der Waals surface area contributed by atoms with Gasteiger partial charge in [0.2, 0.25) is 0 Å². The summed E-state index contributed by atoms with van der Waals surface area (Å²) in [5.41, 5.74) is 2.77. The first-order valence-corrected chi connectivity index (χ1v) is 3.84. The Hall–Kier alpha value is -0.780. The molecule has 0 radical (unpaired) electrons. The van der Waals surface area contributed by atoms with Crippen molar-refractivity contribution in [2.45, 2.75) is 26.2 Å². The molecule has 0 heterocycles. The minimum atomic E-state index is 1.20. The van der Waals surface area contributed by atoms with E-state index in [4.69, 9.17) is 0 Å². The summed E-state index contributed by atoms with van der Waals surface area (Å²) in [6.07, 6.45) is 10.0. The highest BCUT2D eigenvalue weighted by Gasteiger charge is 2.08. The molecule has 0 aromatic carbocycles. The molecule has 0 heteroatoms. The summed E-state index contributed by atoms with van der Waals surface area (Å²) >= 11 is 0. The van der Waals surface area contributed by atoms with Gasteiger partial charge in [-0.15, -0.1) is 0 Å². The van der Waals surface area contributed by atoms with E-state index in [1.54, 1.807) is 0 Å². The summed E-state index contributed by atoms with van der Waals surface area (Å²) in [5.74, 6) is 0.